The summed E-state index contributed by atoms with van der Waals surface area (Å²) < 4.78 is 29.7. The molecule has 0 atom stereocenters. The van der Waals surface area contributed by atoms with E-state index in [1.54, 1.807) is 19.2 Å². The standard InChI is InChI=1S/C16H18ClN3O3S/c1-20-10-13(9-14(20)15(18)21)24(22,23)19-16(7-2-8-16)11-3-5-12(17)6-4-11/h3-6,9-10,19H,2,7-8H2,1H3,(H2,18,21). The molecule has 0 radical (unpaired) electrons. The minimum absolute atomic E-state index is 0.0269. The molecule has 1 aromatic heterocycles. The Labute approximate surface area is 145 Å². The smallest absolute Gasteiger partial charge is 0.265 e. The maximum Gasteiger partial charge on any atom is 0.265 e. The van der Waals surface area contributed by atoms with Crippen LogP contribution in [0.5, 0.6) is 0 Å². The van der Waals surface area contributed by atoms with Crippen LogP contribution < -0.4 is 10.5 Å². The largest absolute Gasteiger partial charge is 0.364 e. The van der Waals surface area contributed by atoms with Gasteiger partial charge in [0.05, 0.1) is 5.54 Å². The fraction of sp³-hybridized carbons (Fsp3) is 0.312. The highest BCUT2D eigenvalue weighted by molar-refractivity contribution is 7.89. The van der Waals surface area contributed by atoms with Gasteiger partial charge in [-0.2, -0.15) is 0 Å². The zero-order valence-corrected chi connectivity index (χ0v) is 14.7. The highest BCUT2D eigenvalue weighted by atomic mass is 35.5. The zero-order valence-electron chi connectivity index (χ0n) is 13.1. The highest BCUT2D eigenvalue weighted by Crippen LogP contribution is 2.42. The normalized spacial score (nSPS) is 16.6. The van der Waals surface area contributed by atoms with Crippen molar-refractivity contribution >= 4 is 27.5 Å². The zero-order chi connectivity index (χ0) is 17.5. The van der Waals surface area contributed by atoms with Crippen LogP contribution in [-0.4, -0.2) is 18.9 Å². The van der Waals surface area contributed by atoms with E-state index in [-0.39, 0.29) is 10.6 Å². The van der Waals surface area contributed by atoms with Crippen molar-refractivity contribution in [2.24, 2.45) is 12.8 Å². The fourth-order valence-electron chi connectivity index (χ4n) is 2.99. The summed E-state index contributed by atoms with van der Waals surface area (Å²) >= 11 is 5.92. The van der Waals surface area contributed by atoms with Crippen LogP contribution in [0.2, 0.25) is 5.02 Å². The molecule has 6 nitrogen and oxygen atoms in total. The lowest BCUT2D eigenvalue weighted by molar-refractivity contribution is 0.0992. The Morgan fingerprint density at radius 1 is 1.29 bits per heavy atom. The van der Waals surface area contributed by atoms with Crippen molar-refractivity contribution in [1.29, 1.82) is 0 Å². The summed E-state index contributed by atoms with van der Waals surface area (Å²) in [5.41, 5.74) is 5.65. The number of halogens is 1. The van der Waals surface area contributed by atoms with E-state index < -0.39 is 21.5 Å². The van der Waals surface area contributed by atoms with Crippen LogP contribution in [0.25, 0.3) is 0 Å². The van der Waals surface area contributed by atoms with Gasteiger partial charge in [-0.15, -0.1) is 0 Å². The molecule has 3 N–H and O–H groups in total. The number of aryl methyl sites for hydroxylation is 1. The lowest BCUT2D eigenvalue weighted by Crippen LogP contribution is -2.50. The first-order valence-corrected chi connectivity index (χ1v) is 9.36. The predicted molar refractivity (Wildman–Crippen MR) is 91.2 cm³/mol. The molecule has 0 saturated heterocycles. The van der Waals surface area contributed by atoms with Gasteiger partial charge in [-0.25, -0.2) is 13.1 Å². The average molecular weight is 368 g/mol. The number of benzene rings is 1. The highest BCUT2D eigenvalue weighted by Gasteiger charge is 2.42. The van der Waals surface area contributed by atoms with Gasteiger partial charge in [0, 0.05) is 18.3 Å². The van der Waals surface area contributed by atoms with Gasteiger partial charge in [0.1, 0.15) is 10.6 Å². The topological polar surface area (TPSA) is 94.2 Å². The van der Waals surface area contributed by atoms with Gasteiger partial charge in [0.25, 0.3) is 5.91 Å². The monoisotopic (exact) mass is 367 g/mol. The third-order valence-electron chi connectivity index (χ3n) is 4.48. The van der Waals surface area contributed by atoms with Crippen LogP contribution in [0.3, 0.4) is 0 Å². The Morgan fingerprint density at radius 2 is 1.92 bits per heavy atom. The van der Waals surface area contributed by atoms with Crippen molar-refractivity contribution < 1.29 is 13.2 Å². The number of carbonyl (C=O) groups is 1. The summed E-state index contributed by atoms with van der Waals surface area (Å²) in [6, 6.07) is 8.46. The second kappa shape index (κ2) is 5.91. The molecule has 1 amide bonds. The number of nitrogens with two attached hydrogens (primary N) is 1. The van der Waals surface area contributed by atoms with Gasteiger partial charge in [0.15, 0.2) is 0 Å². The van der Waals surface area contributed by atoms with Gasteiger partial charge in [-0.1, -0.05) is 23.7 Å². The molecule has 1 fully saturated rings. The molecular weight excluding hydrogens is 350 g/mol. The van der Waals surface area contributed by atoms with E-state index in [0.29, 0.717) is 17.9 Å². The molecule has 0 bridgehead atoms. The number of amides is 1. The van der Waals surface area contributed by atoms with Crippen molar-refractivity contribution in [3.05, 3.63) is 52.8 Å². The van der Waals surface area contributed by atoms with E-state index in [1.165, 1.54) is 16.8 Å². The van der Waals surface area contributed by atoms with Crippen LogP contribution in [0.1, 0.15) is 35.3 Å². The Hall–Kier alpha value is -1.83. The van der Waals surface area contributed by atoms with Crippen LogP contribution in [0, 0.1) is 0 Å². The van der Waals surface area contributed by atoms with Crippen molar-refractivity contribution in [3.8, 4) is 0 Å². The summed E-state index contributed by atoms with van der Waals surface area (Å²) in [7, 11) is -2.20. The molecular formula is C16H18ClN3O3S. The lowest BCUT2D eigenvalue weighted by atomic mass is 9.73. The number of aromatic nitrogens is 1. The summed E-state index contributed by atoms with van der Waals surface area (Å²) in [6.45, 7) is 0. The van der Waals surface area contributed by atoms with Gasteiger partial charge >= 0.3 is 0 Å². The molecule has 3 rings (SSSR count). The fourth-order valence-corrected chi connectivity index (χ4v) is 4.64. The Kier molecular flexibility index (Phi) is 4.19. The summed E-state index contributed by atoms with van der Waals surface area (Å²) in [5.74, 6) is -0.671. The van der Waals surface area contributed by atoms with Gasteiger partial charge in [-0.3, -0.25) is 4.79 Å². The summed E-state index contributed by atoms with van der Waals surface area (Å²) in [4.78, 5) is 11.4. The molecule has 1 aromatic carbocycles. The Morgan fingerprint density at radius 3 is 2.38 bits per heavy atom. The minimum Gasteiger partial charge on any atom is -0.364 e. The third-order valence-corrected chi connectivity index (χ3v) is 6.23. The van der Waals surface area contributed by atoms with Crippen molar-refractivity contribution in [2.75, 3.05) is 0 Å². The van der Waals surface area contributed by atoms with E-state index in [1.807, 2.05) is 12.1 Å². The second-order valence-corrected chi connectivity index (χ2v) is 8.20. The number of rotatable bonds is 5. The van der Waals surface area contributed by atoms with E-state index in [4.69, 9.17) is 17.3 Å². The molecule has 128 valence electrons. The molecule has 0 aliphatic heterocycles. The number of nitrogens with zero attached hydrogens (tertiary/aromatic N) is 1. The molecule has 2 aromatic rings. The third kappa shape index (κ3) is 2.94. The molecule has 8 heteroatoms. The van der Waals surface area contributed by atoms with Gasteiger partial charge < -0.3 is 10.3 Å². The number of hydrogen-bond donors (Lipinski definition) is 2. The van der Waals surface area contributed by atoms with Gasteiger partial charge in [-0.05, 0) is 43.0 Å². The molecule has 0 spiro atoms. The van der Waals surface area contributed by atoms with Gasteiger partial charge in [0.2, 0.25) is 10.0 Å². The SMILES string of the molecule is Cn1cc(S(=O)(=O)NC2(c3ccc(Cl)cc3)CCC2)cc1C(N)=O. The number of carbonyl (C=O) groups excluding carboxylic acids is 1. The average Bonchev–Trinajstić information content (AvgIpc) is 2.87. The van der Waals surface area contributed by atoms with E-state index in [2.05, 4.69) is 4.72 Å². The molecule has 0 unspecified atom stereocenters. The van der Waals surface area contributed by atoms with Crippen molar-refractivity contribution in [3.63, 3.8) is 0 Å². The lowest BCUT2D eigenvalue weighted by Gasteiger charge is -2.42. The summed E-state index contributed by atoms with van der Waals surface area (Å²) in [5, 5.41) is 0.602. The van der Waals surface area contributed by atoms with Crippen LogP contribution in [-0.2, 0) is 22.6 Å². The maximum absolute atomic E-state index is 12.8. The first-order valence-electron chi connectivity index (χ1n) is 7.50. The number of nitrogens with one attached hydrogen (secondary N) is 1. The quantitative estimate of drug-likeness (QED) is 0.847. The van der Waals surface area contributed by atoms with Crippen LogP contribution >= 0.6 is 11.6 Å². The Bertz CT molecular complexity index is 884. The molecule has 1 aliphatic carbocycles. The minimum atomic E-state index is -3.78. The molecule has 1 aliphatic rings. The van der Waals surface area contributed by atoms with E-state index in [9.17, 15) is 13.2 Å². The predicted octanol–water partition coefficient (Wildman–Crippen LogP) is 2.14. The van der Waals surface area contributed by atoms with Crippen LogP contribution in [0.4, 0.5) is 0 Å². The second-order valence-electron chi connectivity index (χ2n) is 6.08. The van der Waals surface area contributed by atoms with Crippen molar-refractivity contribution in [1.82, 2.24) is 9.29 Å². The number of primary amides is 1. The molecule has 1 saturated carbocycles. The van der Waals surface area contributed by atoms with Crippen LogP contribution in [0.15, 0.2) is 41.4 Å². The Balaban J connectivity index is 1.94. The number of hydrogen-bond acceptors (Lipinski definition) is 3. The van der Waals surface area contributed by atoms with E-state index >= 15 is 0 Å². The number of sulfonamides is 1. The first-order chi connectivity index (χ1) is 11.2. The first kappa shape index (κ1) is 17.0. The summed E-state index contributed by atoms with van der Waals surface area (Å²) in [6.07, 6.45) is 3.75. The maximum atomic E-state index is 12.8. The molecule has 1 heterocycles. The van der Waals surface area contributed by atoms with E-state index in [0.717, 1.165) is 12.0 Å². The molecule has 24 heavy (non-hydrogen) atoms. The van der Waals surface area contributed by atoms with Crippen molar-refractivity contribution in [2.45, 2.75) is 29.7 Å².